The first-order chi connectivity index (χ1) is 25.4. The van der Waals surface area contributed by atoms with Gasteiger partial charge in [-0.1, -0.05) is 20.8 Å². The van der Waals surface area contributed by atoms with Gasteiger partial charge in [-0.3, -0.25) is 14.5 Å². The Hall–Kier alpha value is -1.50. The van der Waals surface area contributed by atoms with Gasteiger partial charge in [0.1, 0.15) is 36.2 Å². The van der Waals surface area contributed by atoms with Crippen LogP contribution in [0.4, 0.5) is 0 Å². The first-order valence-corrected chi connectivity index (χ1v) is 20.1. The highest BCUT2D eigenvalue weighted by atomic mass is 16.7. The quantitative estimate of drug-likeness (QED) is 0.306. The number of hydrogen-bond acceptors (Lipinski definition) is 15. The van der Waals surface area contributed by atoms with Gasteiger partial charge in [0, 0.05) is 38.5 Å². The number of ether oxygens (including phenoxy) is 8. The van der Waals surface area contributed by atoms with Crippen molar-refractivity contribution < 1.29 is 62.8 Å². The number of aliphatic hydroxyl groups is 3. The average Bonchev–Trinajstić information content (AvgIpc) is 3.42. The molecule has 0 aromatic heterocycles. The van der Waals surface area contributed by atoms with E-state index >= 15 is 0 Å². The topological polar surface area (TPSA) is 175 Å². The number of hydrogen-bond donors (Lipinski definition) is 3. The van der Waals surface area contributed by atoms with Crippen molar-refractivity contribution in [2.75, 3.05) is 28.3 Å². The second kappa shape index (κ2) is 17.8. The van der Waals surface area contributed by atoms with E-state index in [1.54, 1.807) is 27.7 Å². The molecule has 4 rings (SSSR count). The molecule has 0 spiro atoms. The van der Waals surface area contributed by atoms with Crippen molar-refractivity contribution in [1.82, 2.24) is 9.80 Å². The Bertz CT molecular complexity index is 1310. The molecule has 19 atom stereocenters. The van der Waals surface area contributed by atoms with Gasteiger partial charge in [0.05, 0.1) is 41.5 Å². The highest BCUT2D eigenvalue weighted by Gasteiger charge is 2.58. The van der Waals surface area contributed by atoms with E-state index in [9.17, 15) is 24.9 Å². The third-order valence-electron chi connectivity index (χ3n) is 13.0. The molecule has 15 nitrogen and oxygen atoms in total. The van der Waals surface area contributed by atoms with Crippen LogP contribution in [0.5, 0.6) is 0 Å². The number of esters is 2. The molecule has 0 aromatic rings. The molecule has 4 fully saturated rings. The van der Waals surface area contributed by atoms with E-state index in [1.807, 2.05) is 58.6 Å². The Morgan fingerprint density at radius 3 is 2.20 bits per heavy atom. The lowest BCUT2D eigenvalue weighted by molar-refractivity contribution is -0.321. The van der Waals surface area contributed by atoms with E-state index in [-0.39, 0.29) is 30.9 Å². The van der Waals surface area contributed by atoms with Crippen molar-refractivity contribution in [3.8, 4) is 0 Å². The zero-order chi connectivity index (χ0) is 41.5. The lowest BCUT2D eigenvalue weighted by Crippen LogP contribution is -2.63. The third kappa shape index (κ3) is 9.53. The molecule has 0 saturated carbocycles. The van der Waals surface area contributed by atoms with Crippen LogP contribution in [0.1, 0.15) is 102 Å². The van der Waals surface area contributed by atoms with Gasteiger partial charge in [-0.05, 0) is 94.8 Å². The van der Waals surface area contributed by atoms with E-state index in [2.05, 4.69) is 6.92 Å². The summed E-state index contributed by atoms with van der Waals surface area (Å²) in [5.41, 5.74) is -3.85. The minimum absolute atomic E-state index is 0.0856. The number of likely N-dealkylation sites (N-methyl/N-ethyl adjacent to an activating group) is 2. The number of aliphatic hydroxyl groups excluding tert-OH is 2. The monoisotopic (exact) mass is 789 g/mol. The molecule has 4 heterocycles. The lowest BCUT2D eigenvalue weighted by Gasteiger charge is -2.49. The second-order valence-electron chi connectivity index (χ2n) is 17.8. The summed E-state index contributed by atoms with van der Waals surface area (Å²) < 4.78 is 51.2. The molecule has 0 aliphatic carbocycles. The highest BCUT2D eigenvalue weighted by Crippen LogP contribution is 2.46. The van der Waals surface area contributed by atoms with E-state index in [4.69, 9.17) is 37.9 Å². The number of fused-ring (bicyclic) bond motifs is 2. The molecule has 15 heteroatoms. The van der Waals surface area contributed by atoms with Gasteiger partial charge < -0.3 is 58.1 Å². The number of methoxy groups -OCH3 is 1. The molecular formula is C40H72N2O13. The number of nitrogens with zero attached hydrogens (tertiary/aromatic N) is 2. The van der Waals surface area contributed by atoms with Crippen molar-refractivity contribution in [2.45, 2.75) is 198 Å². The molecule has 4 aliphatic rings. The van der Waals surface area contributed by atoms with Gasteiger partial charge in [0.25, 0.3) is 0 Å². The van der Waals surface area contributed by atoms with Gasteiger partial charge >= 0.3 is 11.9 Å². The van der Waals surface area contributed by atoms with Crippen LogP contribution in [0.2, 0.25) is 0 Å². The zero-order valence-corrected chi connectivity index (χ0v) is 35.9. The third-order valence-corrected chi connectivity index (χ3v) is 13.0. The number of carbonyl (C=O) groups is 2. The van der Waals surface area contributed by atoms with Gasteiger partial charge in [-0.2, -0.15) is 0 Å². The van der Waals surface area contributed by atoms with Crippen molar-refractivity contribution >= 4 is 11.9 Å². The zero-order valence-electron chi connectivity index (χ0n) is 35.9. The second-order valence-corrected chi connectivity index (χ2v) is 17.8. The molecule has 4 aliphatic heterocycles. The maximum absolute atomic E-state index is 14.4. The predicted octanol–water partition coefficient (Wildman–Crippen LogP) is 2.84. The van der Waals surface area contributed by atoms with Crippen molar-refractivity contribution in [2.24, 2.45) is 17.8 Å². The summed E-state index contributed by atoms with van der Waals surface area (Å²) in [6, 6.07) is -0.831. The molecule has 4 saturated heterocycles. The van der Waals surface area contributed by atoms with Crippen LogP contribution in [0.3, 0.4) is 0 Å². The minimum Gasteiger partial charge on any atom is -0.459 e. The first-order valence-electron chi connectivity index (χ1n) is 20.1. The van der Waals surface area contributed by atoms with Gasteiger partial charge in [0.2, 0.25) is 0 Å². The van der Waals surface area contributed by atoms with Crippen LogP contribution in [0.15, 0.2) is 0 Å². The van der Waals surface area contributed by atoms with Crippen LogP contribution in [0, 0.1) is 17.8 Å². The smallest absolute Gasteiger partial charge is 0.311 e. The van der Waals surface area contributed by atoms with Crippen molar-refractivity contribution in [1.29, 1.82) is 0 Å². The average molecular weight is 789 g/mol. The van der Waals surface area contributed by atoms with Crippen LogP contribution < -0.4 is 0 Å². The number of cyclic esters (lactones) is 1. The Morgan fingerprint density at radius 1 is 1.00 bits per heavy atom. The first kappa shape index (κ1) is 46.2. The molecule has 0 radical (unpaired) electrons. The molecule has 0 aromatic carbocycles. The maximum atomic E-state index is 14.4. The maximum Gasteiger partial charge on any atom is 0.311 e. The highest BCUT2D eigenvalue weighted by molar-refractivity contribution is 5.73. The van der Waals surface area contributed by atoms with Crippen LogP contribution in [0.25, 0.3) is 0 Å². The summed E-state index contributed by atoms with van der Waals surface area (Å²) in [6.07, 6.45) is -7.77. The molecule has 3 N–H and O–H groups in total. The van der Waals surface area contributed by atoms with Crippen molar-refractivity contribution in [3.63, 3.8) is 0 Å². The molecule has 0 amide bonds. The number of rotatable bonds is 8. The summed E-state index contributed by atoms with van der Waals surface area (Å²) in [6.45, 7) is 19.6. The largest absolute Gasteiger partial charge is 0.459 e. The van der Waals surface area contributed by atoms with Gasteiger partial charge in [-0.25, -0.2) is 0 Å². The SMILES string of the molecule is CC[C@H]1OC(=O)[C@H](C)[C@@H](O[C@H]2C[C@@](C)(OC)[C@@H](O)[C@H](C)O2)[C@H](C)[C@@H](O[C@@H]2O[C@H](C)C[C@H](N(C)C)[C@H]2O)[C@@]2(C)C[C@@H](C)C(O2)N(C)[C@H](C)[C@@H](OC(C)=O)[C@]1(C)O. The van der Waals surface area contributed by atoms with Crippen LogP contribution >= 0.6 is 0 Å². The Morgan fingerprint density at radius 2 is 1.64 bits per heavy atom. The summed E-state index contributed by atoms with van der Waals surface area (Å²) in [4.78, 5) is 30.9. The Labute approximate surface area is 328 Å². The predicted molar refractivity (Wildman–Crippen MR) is 202 cm³/mol. The molecule has 320 valence electrons. The Kier molecular flexibility index (Phi) is 14.9. The van der Waals surface area contributed by atoms with Gasteiger partial charge in [0.15, 0.2) is 12.6 Å². The summed E-state index contributed by atoms with van der Waals surface area (Å²) in [5, 5.41) is 34.9. The lowest BCUT2D eigenvalue weighted by atomic mass is 9.79. The summed E-state index contributed by atoms with van der Waals surface area (Å²) >= 11 is 0. The summed E-state index contributed by atoms with van der Waals surface area (Å²) in [5.74, 6) is -2.92. The van der Waals surface area contributed by atoms with Crippen LogP contribution in [-0.4, -0.2) is 162 Å². The molecule has 2 bridgehead atoms. The van der Waals surface area contributed by atoms with Crippen LogP contribution in [-0.2, 0) is 47.5 Å². The van der Waals surface area contributed by atoms with Crippen molar-refractivity contribution in [3.05, 3.63) is 0 Å². The number of carbonyl (C=O) groups excluding carboxylic acids is 2. The molecular weight excluding hydrogens is 716 g/mol. The van der Waals surface area contributed by atoms with E-state index in [0.29, 0.717) is 12.8 Å². The Balaban J connectivity index is 1.88. The fourth-order valence-corrected chi connectivity index (χ4v) is 9.62. The van der Waals surface area contributed by atoms with E-state index in [0.717, 1.165) is 0 Å². The van der Waals surface area contributed by atoms with E-state index < -0.39 is 108 Å². The fourth-order valence-electron chi connectivity index (χ4n) is 9.62. The molecule has 1 unspecified atom stereocenters. The van der Waals surface area contributed by atoms with Gasteiger partial charge in [-0.15, -0.1) is 0 Å². The minimum atomic E-state index is -1.81. The normalized spacial score (nSPS) is 49.3. The summed E-state index contributed by atoms with van der Waals surface area (Å²) in [7, 11) is 7.21. The van der Waals surface area contributed by atoms with E-state index in [1.165, 1.54) is 21.0 Å². The standard InChI is InChI=1S/C40H72N2O13/c1-16-28-40(11,47)34(51-26(8)43)24(6)42(14)35-20(2)18-39(10,55-35)33(54-37-30(44)27(41(12)13)17-21(3)49-37)22(4)31(23(5)36(46)52-28)53-29-19-38(9,48-15)32(45)25(7)50-29/h20-25,27-35,37,44-45,47H,16-19H2,1-15H3/t20-,21-,22+,23-,24-,25+,27+,28-,29+,30-,31+,32+,33-,34-,35?,37+,38-,39-,40-/m1/s1. The fraction of sp³-hybridized carbons (Fsp3) is 0.950. The molecule has 55 heavy (non-hydrogen) atoms.